The third-order valence-electron chi connectivity index (χ3n) is 4.14. The predicted molar refractivity (Wildman–Crippen MR) is 84.4 cm³/mol. The van der Waals surface area contributed by atoms with Gasteiger partial charge in [0.15, 0.2) is 0 Å². The van der Waals surface area contributed by atoms with Crippen LogP contribution in [-0.4, -0.2) is 37.6 Å². The molecular formula is C17H26N2O2. The maximum Gasteiger partial charge on any atom is 0.223 e. The van der Waals surface area contributed by atoms with Crippen LogP contribution in [0, 0.1) is 5.92 Å². The number of ether oxygens (including phenoxy) is 1. The number of nitrogens with zero attached hydrogens (tertiary/aromatic N) is 1. The number of carbonyl (C=O) groups excluding carboxylic acids is 1. The van der Waals surface area contributed by atoms with Crippen molar-refractivity contribution in [2.24, 2.45) is 5.92 Å². The molecule has 1 amide bonds. The van der Waals surface area contributed by atoms with Crippen molar-refractivity contribution in [1.82, 2.24) is 10.2 Å². The third-order valence-corrected chi connectivity index (χ3v) is 4.14. The van der Waals surface area contributed by atoms with Gasteiger partial charge in [0.2, 0.25) is 5.91 Å². The summed E-state index contributed by atoms with van der Waals surface area (Å²) >= 11 is 0. The van der Waals surface area contributed by atoms with Crippen LogP contribution >= 0.6 is 0 Å². The molecule has 116 valence electrons. The Hall–Kier alpha value is -1.55. The summed E-state index contributed by atoms with van der Waals surface area (Å²) < 4.78 is 5.43. The van der Waals surface area contributed by atoms with E-state index < -0.39 is 0 Å². The van der Waals surface area contributed by atoms with Crippen LogP contribution < -0.4 is 10.1 Å². The second-order valence-corrected chi connectivity index (χ2v) is 5.81. The van der Waals surface area contributed by atoms with Crippen molar-refractivity contribution in [3.05, 3.63) is 29.8 Å². The number of hydrogen-bond donors (Lipinski definition) is 1. The minimum atomic E-state index is 0.0350. The molecule has 1 unspecified atom stereocenters. The molecule has 1 fully saturated rings. The van der Waals surface area contributed by atoms with Gasteiger partial charge in [0.05, 0.1) is 12.6 Å². The molecule has 0 aromatic heterocycles. The highest BCUT2D eigenvalue weighted by Crippen LogP contribution is 2.20. The van der Waals surface area contributed by atoms with E-state index in [4.69, 9.17) is 4.74 Å². The zero-order valence-corrected chi connectivity index (χ0v) is 13.3. The van der Waals surface area contributed by atoms with E-state index in [1.54, 1.807) is 0 Å². The Morgan fingerprint density at radius 2 is 1.95 bits per heavy atom. The summed E-state index contributed by atoms with van der Waals surface area (Å²) in [6.45, 7) is 6.69. The minimum absolute atomic E-state index is 0.0350. The van der Waals surface area contributed by atoms with Gasteiger partial charge in [0.25, 0.3) is 0 Å². The summed E-state index contributed by atoms with van der Waals surface area (Å²) in [6, 6.07) is 7.98. The minimum Gasteiger partial charge on any atom is -0.494 e. The van der Waals surface area contributed by atoms with Crippen molar-refractivity contribution in [3.8, 4) is 5.75 Å². The Morgan fingerprint density at radius 1 is 1.33 bits per heavy atom. The molecule has 1 N–H and O–H groups in total. The summed E-state index contributed by atoms with van der Waals surface area (Å²) in [5.74, 6) is 1.21. The lowest BCUT2D eigenvalue weighted by Gasteiger charge is -2.29. The fourth-order valence-electron chi connectivity index (χ4n) is 2.70. The summed E-state index contributed by atoms with van der Waals surface area (Å²) in [4.78, 5) is 14.6. The molecule has 0 saturated carbocycles. The first-order valence-corrected chi connectivity index (χ1v) is 7.81. The second-order valence-electron chi connectivity index (χ2n) is 5.81. The topological polar surface area (TPSA) is 41.6 Å². The molecule has 1 aliphatic heterocycles. The first-order valence-electron chi connectivity index (χ1n) is 7.81. The van der Waals surface area contributed by atoms with Crippen LogP contribution in [-0.2, 0) is 4.79 Å². The van der Waals surface area contributed by atoms with E-state index in [-0.39, 0.29) is 17.9 Å². The molecule has 0 spiro atoms. The van der Waals surface area contributed by atoms with Gasteiger partial charge in [-0.25, -0.2) is 0 Å². The molecule has 1 aromatic rings. The van der Waals surface area contributed by atoms with Gasteiger partial charge < -0.3 is 15.0 Å². The molecule has 0 radical (unpaired) electrons. The standard InChI is InChI=1S/C17H26N2O2/c1-4-21-16-7-5-14(6-8-16)13(2)18-17(20)15-9-11-19(3)12-10-15/h5-8,13,15H,4,9-12H2,1-3H3,(H,18,20). The molecule has 1 saturated heterocycles. The van der Waals surface area contributed by atoms with Crippen molar-refractivity contribution in [3.63, 3.8) is 0 Å². The number of nitrogens with one attached hydrogen (secondary N) is 1. The van der Waals surface area contributed by atoms with Crippen molar-refractivity contribution in [2.45, 2.75) is 32.7 Å². The molecule has 1 heterocycles. The first kappa shape index (κ1) is 15.8. The molecule has 1 aromatic carbocycles. The first-order chi connectivity index (χ1) is 10.1. The number of amides is 1. The van der Waals surface area contributed by atoms with E-state index in [9.17, 15) is 4.79 Å². The largest absolute Gasteiger partial charge is 0.494 e. The van der Waals surface area contributed by atoms with Crippen LogP contribution in [0.4, 0.5) is 0 Å². The molecule has 2 rings (SSSR count). The average molecular weight is 290 g/mol. The summed E-state index contributed by atoms with van der Waals surface area (Å²) in [5.41, 5.74) is 1.11. The smallest absolute Gasteiger partial charge is 0.223 e. The van der Waals surface area contributed by atoms with Crippen LogP contribution in [0.1, 0.15) is 38.3 Å². The van der Waals surface area contributed by atoms with Crippen LogP contribution in [0.5, 0.6) is 5.75 Å². The number of hydrogen-bond acceptors (Lipinski definition) is 3. The summed E-state index contributed by atoms with van der Waals surface area (Å²) in [5, 5.41) is 3.13. The Labute approximate surface area is 127 Å². The second kappa shape index (κ2) is 7.46. The number of carbonyl (C=O) groups is 1. The molecule has 1 atom stereocenters. The van der Waals surface area contributed by atoms with E-state index >= 15 is 0 Å². The van der Waals surface area contributed by atoms with Gasteiger partial charge in [0, 0.05) is 5.92 Å². The van der Waals surface area contributed by atoms with E-state index in [0.29, 0.717) is 6.61 Å². The van der Waals surface area contributed by atoms with E-state index in [2.05, 4.69) is 17.3 Å². The Balaban J connectivity index is 1.88. The summed E-state index contributed by atoms with van der Waals surface area (Å²) in [7, 11) is 2.11. The van der Waals surface area contributed by atoms with Crippen molar-refractivity contribution >= 4 is 5.91 Å². The molecule has 4 heteroatoms. The van der Waals surface area contributed by atoms with Gasteiger partial charge in [-0.1, -0.05) is 12.1 Å². The monoisotopic (exact) mass is 290 g/mol. The summed E-state index contributed by atoms with van der Waals surface area (Å²) in [6.07, 6.45) is 1.91. The number of piperidine rings is 1. The lowest BCUT2D eigenvalue weighted by Crippen LogP contribution is -2.39. The van der Waals surface area contributed by atoms with Crippen molar-refractivity contribution in [1.29, 1.82) is 0 Å². The zero-order chi connectivity index (χ0) is 15.2. The Morgan fingerprint density at radius 3 is 2.52 bits per heavy atom. The fourth-order valence-corrected chi connectivity index (χ4v) is 2.70. The predicted octanol–water partition coefficient (Wildman–Crippen LogP) is 2.60. The van der Waals surface area contributed by atoms with E-state index in [1.807, 2.05) is 38.1 Å². The van der Waals surface area contributed by atoms with Gasteiger partial charge in [0.1, 0.15) is 5.75 Å². The SMILES string of the molecule is CCOc1ccc(C(C)NC(=O)C2CCN(C)CC2)cc1. The Kier molecular flexibility index (Phi) is 5.62. The van der Waals surface area contributed by atoms with E-state index in [1.165, 1.54) is 0 Å². The maximum absolute atomic E-state index is 12.3. The van der Waals surface area contributed by atoms with Gasteiger partial charge in [-0.05, 0) is 64.5 Å². The van der Waals surface area contributed by atoms with Crippen molar-refractivity contribution in [2.75, 3.05) is 26.7 Å². The zero-order valence-electron chi connectivity index (χ0n) is 13.3. The molecule has 21 heavy (non-hydrogen) atoms. The number of benzene rings is 1. The third kappa shape index (κ3) is 4.46. The van der Waals surface area contributed by atoms with Crippen molar-refractivity contribution < 1.29 is 9.53 Å². The normalized spacial score (nSPS) is 18.2. The fraction of sp³-hybridized carbons (Fsp3) is 0.588. The van der Waals surface area contributed by atoms with Gasteiger partial charge >= 0.3 is 0 Å². The average Bonchev–Trinajstić information content (AvgIpc) is 2.49. The Bertz CT molecular complexity index is 450. The number of rotatable bonds is 5. The van der Waals surface area contributed by atoms with Gasteiger partial charge in [-0.2, -0.15) is 0 Å². The molecule has 0 bridgehead atoms. The highest BCUT2D eigenvalue weighted by atomic mass is 16.5. The van der Waals surface area contributed by atoms with E-state index in [0.717, 1.165) is 37.2 Å². The van der Waals surface area contributed by atoms with Crippen LogP contribution in [0.25, 0.3) is 0 Å². The molecular weight excluding hydrogens is 264 g/mol. The van der Waals surface area contributed by atoms with Gasteiger partial charge in [-0.3, -0.25) is 4.79 Å². The molecule has 4 nitrogen and oxygen atoms in total. The lowest BCUT2D eigenvalue weighted by atomic mass is 9.95. The highest BCUT2D eigenvalue weighted by Gasteiger charge is 2.24. The quantitative estimate of drug-likeness (QED) is 0.906. The molecule has 1 aliphatic rings. The van der Waals surface area contributed by atoms with Crippen LogP contribution in [0.15, 0.2) is 24.3 Å². The van der Waals surface area contributed by atoms with Crippen LogP contribution in [0.3, 0.4) is 0 Å². The lowest BCUT2D eigenvalue weighted by molar-refractivity contribution is -0.127. The maximum atomic E-state index is 12.3. The van der Waals surface area contributed by atoms with Gasteiger partial charge in [-0.15, -0.1) is 0 Å². The highest BCUT2D eigenvalue weighted by molar-refractivity contribution is 5.79. The molecule has 0 aliphatic carbocycles. The van der Waals surface area contributed by atoms with Crippen LogP contribution in [0.2, 0.25) is 0 Å². The number of likely N-dealkylation sites (tertiary alicyclic amines) is 1.